The van der Waals surface area contributed by atoms with E-state index in [1.54, 1.807) is 11.3 Å². The van der Waals surface area contributed by atoms with E-state index in [0.29, 0.717) is 12.6 Å². The quantitative estimate of drug-likeness (QED) is 0.769. The van der Waals surface area contributed by atoms with Gasteiger partial charge in [0.05, 0.1) is 11.6 Å². The number of thiazole rings is 1. The Morgan fingerprint density at radius 2 is 2.12 bits per heavy atom. The molecule has 5 nitrogen and oxygen atoms in total. The fraction of sp³-hybridized carbons (Fsp3) is 0.550. The molecule has 0 aliphatic carbocycles. The first-order valence-corrected chi connectivity index (χ1v) is 10.2. The average molecular weight is 376 g/mol. The second-order valence-corrected chi connectivity index (χ2v) is 8.08. The molecule has 0 spiro atoms. The fourth-order valence-corrected chi connectivity index (χ4v) is 4.42. The number of nitrogens with zero attached hydrogens (tertiary/aromatic N) is 3. The Morgan fingerprint density at radius 1 is 1.27 bits per heavy atom. The molecule has 26 heavy (non-hydrogen) atoms. The van der Waals surface area contributed by atoms with Crippen LogP contribution in [0, 0.1) is 6.92 Å². The van der Waals surface area contributed by atoms with Crippen LogP contribution in [0.25, 0.3) is 0 Å². The van der Waals surface area contributed by atoms with Gasteiger partial charge in [-0.15, -0.1) is 11.3 Å². The number of aromatic nitrogens is 1. The molecule has 0 amide bonds. The molecule has 1 aliphatic heterocycles. The molecule has 6 heteroatoms. The van der Waals surface area contributed by atoms with Crippen molar-refractivity contribution < 1.29 is 9.84 Å². The van der Waals surface area contributed by atoms with Gasteiger partial charge in [0.1, 0.15) is 5.75 Å². The standard InChI is InChI=1S/C20H29N3O2S/c1-3-25-20-7-5-4-6-17(20)13-23-10-9-22(14-18(23)8-11-24)15-19-12-21-16(2)26-19/h4-7,12,18,24H,3,8-11,13-15H2,1-2H3/t18-/m0/s1. The zero-order valence-electron chi connectivity index (χ0n) is 15.7. The van der Waals surface area contributed by atoms with Crippen LogP contribution in [0.3, 0.4) is 0 Å². The minimum absolute atomic E-state index is 0.224. The normalized spacial score (nSPS) is 19.0. The average Bonchev–Trinajstić information content (AvgIpc) is 3.04. The van der Waals surface area contributed by atoms with Crippen molar-refractivity contribution in [1.82, 2.24) is 14.8 Å². The molecule has 1 saturated heterocycles. The molecule has 142 valence electrons. The summed E-state index contributed by atoms with van der Waals surface area (Å²) in [6.45, 7) is 9.82. The van der Waals surface area contributed by atoms with Gasteiger partial charge in [0.15, 0.2) is 0 Å². The highest BCUT2D eigenvalue weighted by atomic mass is 32.1. The third kappa shape index (κ3) is 5.04. The molecule has 1 atom stereocenters. The molecule has 1 aromatic heterocycles. The molecule has 2 heterocycles. The summed E-state index contributed by atoms with van der Waals surface area (Å²) >= 11 is 1.77. The van der Waals surface area contributed by atoms with E-state index in [1.165, 1.54) is 10.4 Å². The fourth-order valence-electron chi connectivity index (χ4n) is 3.58. The summed E-state index contributed by atoms with van der Waals surface area (Å²) in [7, 11) is 0. The predicted molar refractivity (Wildman–Crippen MR) is 106 cm³/mol. The van der Waals surface area contributed by atoms with E-state index >= 15 is 0 Å². The number of ether oxygens (including phenoxy) is 1. The van der Waals surface area contributed by atoms with E-state index < -0.39 is 0 Å². The van der Waals surface area contributed by atoms with Crippen LogP contribution in [0.1, 0.15) is 28.8 Å². The number of piperazine rings is 1. The summed E-state index contributed by atoms with van der Waals surface area (Å²) in [6, 6.07) is 8.64. The summed E-state index contributed by atoms with van der Waals surface area (Å²) in [5.41, 5.74) is 1.23. The Kier molecular flexibility index (Phi) is 7.02. The van der Waals surface area contributed by atoms with Gasteiger partial charge in [0, 0.05) is 62.0 Å². The Bertz CT molecular complexity index is 691. The van der Waals surface area contributed by atoms with Crippen LogP contribution in [0.15, 0.2) is 30.5 Å². The summed E-state index contributed by atoms with van der Waals surface area (Å²) in [4.78, 5) is 10.7. The molecule has 0 radical (unpaired) electrons. The molecule has 1 N–H and O–H groups in total. The van der Waals surface area contributed by atoms with Gasteiger partial charge in [-0.2, -0.15) is 0 Å². The molecular formula is C20H29N3O2S. The number of hydrogen-bond acceptors (Lipinski definition) is 6. The number of rotatable bonds is 8. The third-order valence-corrected chi connectivity index (χ3v) is 5.74. The van der Waals surface area contributed by atoms with Crippen molar-refractivity contribution in [2.45, 2.75) is 39.4 Å². The van der Waals surface area contributed by atoms with Crippen molar-refractivity contribution in [2.24, 2.45) is 0 Å². The maximum atomic E-state index is 9.54. The van der Waals surface area contributed by atoms with Crippen LogP contribution in [0.5, 0.6) is 5.75 Å². The van der Waals surface area contributed by atoms with Crippen LogP contribution in [-0.4, -0.2) is 58.8 Å². The third-order valence-electron chi connectivity index (χ3n) is 4.85. The molecule has 0 bridgehead atoms. The van der Waals surface area contributed by atoms with Crippen LogP contribution in [0.2, 0.25) is 0 Å². The smallest absolute Gasteiger partial charge is 0.123 e. The lowest BCUT2D eigenvalue weighted by Gasteiger charge is -2.41. The Balaban J connectivity index is 1.65. The first-order valence-electron chi connectivity index (χ1n) is 9.39. The van der Waals surface area contributed by atoms with E-state index in [1.807, 2.05) is 25.3 Å². The number of para-hydroxylation sites is 1. The van der Waals surface area contributed by atoms with Gasteiger partial charge in [0.25, 0.3) is 0 Å². The van der Waals surface area contributed by atoms with Crippen LogP contribution in [-0.2, 0) is 13.1 Å². The summed E-state index contributed by atoms with van der Waals surface area (Å²) < 4.78 is 5.78. The zero-order chi connectivity index (χ0) is 18.4. The second kappa shape index (κ2) is 9.46. The summed E-state index contributed by atoms with van der Waals surface area (Å²) in [5.74, 6) is 0.973. The predicted octanol–water partition coefficient (Wildman–Crippen LogP) is 2.92. The first-order chi connectivity index (χ1) is 12.7. The Hall–Kier alpha value is -1.47. The lowest BCUT2D eigenvalue weighted by Crippen LogP contribution is -2.52. The molecule has 0 saturated carbocycles. The SMILES string of the molecule is CCOc1ccccc1CN1CCN(Cc2cnc(C)s2)C[C@@H]1CCO. The lowest BCUT2D eigenvalue weighted by atomic mass is 10.1. The maximum Gasteiger partial charge on any atom is 0.123 e. The van der Waals surface area contributed by atoms with Crippen molar-refractivity contribution in [1.29, 1.82) is 0 Å². The number of hydrogen-bond donors (Lipinski definition) is 1. The van der Waals surface area contributed by atoms with Crippen LogP contribution in [0.4, 0.5) is 0 Å². The Morgan fingerprint density at radius 3 is 2.85 bits per heavy atom. The number of benzene rings is 1. The van der Waals surface area contributed by atoms with Crippen molar-refractivity contribution in [3.8, 4) is 5.75 Å². The number of aliphatic hydroxyl groups excluding tert-OH is 1. The highest BCUT2D eigenvalue weighted by molar-refractivity contribution is 7.11. The van der Waals surface area contributed by atoms with E-state index in [9.17, 15) is 5.11 Å². The molecule has 2 aromatic rings. The lowest BCUT2D eigenvalue weighted by molar-refractivity contribution is 0.0498. The maximum absolute atomic E-state index is 9.54. The highest BCUT2D eigenvalue weighted by Gasteiger charge is 2.27. The minimum Gasteiger partial charge on any atom is -0.494 e. The highest BCUT2D eigenvalue weighted by Crippen LogP contribution is 2.24. The molecule has 1 aliphatic rings. The van der Waals surface area contributed by atoms with Gasteiger partial charge in [-0.25, -0.2) is 4.98 Å². The molecule has 3 rings (SSSR count). The zero-order valence-corrected chi connectivity index (χ0v) is 16.5. The van der Waals surface area contributed by atoms with Gasteiger partial charge >= 0.3 is 0 Å². The van der Waals surface area contributed by atoms with Gasteiger partial charge in [-0.05, 0) is 26.3 Å². The van der Waals surface area contributed by atoms with Gasteiger partial charge in [-0.1, -0.05) is 18.2 Å². The number of aliphatic hydroxyl groups is 1. The molecule has 1 aromatic carbocycles. The Labute approximate surface area is 160 Å². The monoisotopic (exact) mass is 375 g/mol. The first kappa shape index (κ1) is 19.3. The van der Waals surface area contributed by atoms with Crippen LogP contribution < -0.4 is 4.74 Å². The van der Waals surface area contributed by atoms with E-state index in [0.717, 1.165) is 49.9 Å². The van der Waals surface area contributed by atoms with Gasteiger partial charge < -0.3 is 9.84 Å². The van der Waals surface area contributed by atoms with Crippen molar-refractivity contribution in [3.63, 3.8) is 0 Å². The molecular weight excluding hydrogens is 346 g/mol. The second-order valence-electron chi connectivity index (χ2n) is 6.76. The molecule has 1 fully saturated rings. The van der Waals surface area contributed by atoms with E-state index in [4.69, 9.17) is 4.74 Å². The van der Waals surface area contributed by atoms with Crippen molar-refractivity contribution in [3.05, 3.63) is 45.9 Å². The van der Waals surface area contributed by atoms with E-state index in [2.05, 4.69) is 33.8 Å². The minimum atomic E-state index is 0.224. The van der Waals surface area contributed by atoms with Gasteiger partial charge in [-0.3, -0.25) is 9.80 Å². The molecule has 0 unspecified atom stereocenters. The van der Waals surface area contributed by atoms with Crippen molar-refractivity contribution >= 4 is 11.3 Å². The largest absolute Gasteiger partial charge is 0.494 e. The number of aryl methyl sites for hydroxylation is 1. The van der Waals surface area contributed by atoms with Crippen LogP contribution >= 0.6 is 11.3 Å². The topological polar surface area (TPSA) is 48.8 Å². The summed E-state index contributed by atoms with van der Waals surface area (Å²) in [6.07, 6.45) is 2.79. The summed E-state index contributed by atoms with van der Waals surface area (Å²) in [5, 5.41) is 10.7. The van der Waals surface area contributed by atoms with E-state index in [-0.39, 0.29) is 6.61 Å². The van der Waals surface area contributed by atoms with Crippen molar-refractivity contribution in [2.75, 3.05) is 32.8 Å². The van der Waals surface area contributed by atoms with Gasteiger partial charge in [0.2, 0.25) is 0 Å².